The molecule has 0 heterocycles. The zero-order valence-electron chi connectivity index (χ0n) is 11.0. The van der Waals surface area contributed by atoms with Gasteiger partial charge in [0.1, 0.15) is 0 Å². The van der Waals surface area contributed by atoms with Crippen molar-refractivity contribution in [3.8, 4) is 11.8 Å². The predicted octanol–water partition coefficient (Wildman–Crippen LogP) is 3.60. The van der Waals surface area contributed by atoms with E-state index < -0.39 is 0 Å². The average molecular weight is 297 g/mol. The Morgan fingerprint density at radius 1 is 0.947 bits per heavy atom. The van der Waals surface area contributed by atoms with Gasteiger partial charge in [0.15, 0.2) is 0 Å². The van der Waals surface area contributed by atoms with Crippen LogP contribution in [0.1, 0.15) is 31.2 Å². The van der Waals surface area contributed by atoms with Crippen molar-refractivity contribution in [1.29, 1.82) is 0 Å². The summed E-state index contributed by atoms with van der Waals surface area (Å²) in [5.74, 6) is 7.25. The second-order valence-electron chi connectivity index (χ2n) is 3.62. The molecule has 0 radical (unpaired) electrons. The predicted molar refractivity (Wildman–Crippen MR) is 69.6 cm³/mol. The van der Waals surface area contributed by atoms with Gasteiger partial charge in [0, 0.05) is 11.5 Å². The number of benzene rings is 1. The van der Waals surface area contributed by atoms with Crippen molar-refractivity contribution < 1.29 is 26.4 Å². The maximum atomic E-state index is 7.50. The van der Waals surface area contributed by atoms with Crippen LogP contribution in [0.5, 0.6) is 0 Å². The van der Waals surface area contributed by atoms with E-state index in [-0.39, 0.29) is 24.5 Å². The Morgan fingerprint density at radius 3 is 1.89 bits per heavy atom. The topological polar surface area (TPSA) is 39.8 Å². The van der Waals surface area contributed by atoms with E-state index in [4.69, 9.17) is 9.30 Å². The summed E-state index contributed by atoms with van der Waals surface area (Å²) in [7, 11) is 0. The summed E-state index contributed by atoms with van der Waals surface area (Å²) in [5.41, 5.74) is 1.15. The molecule has 100 valence electrons. The van der Waals surface area contributed by atoms with Crippen molar-refractivity contribution in [3.63, 3.8) is 0 Å². The zero-order valence-corrected chi connectivity index (χ0v) is 12.1. The molecule has 0 aliphatic heterocycles. The van der Waals surface area contributed by atoms with Gasteiger partial charge in [-0.2, -0.15) is 0 Å². The molecular formula is C16H17FeO2+. The van der Waals surface area contributed by atoms with Crippen LogP contribution in [0, 0.1) is 38.5 Å². The van der Waals surface area contributed by atoms with Crippen molar-refractivity contribution >= 4 is 0 Å². The Kier molecular flexibility index (Phi) is 20.2. The molecule has 1 aliphatic carbocycles. The summed E-state index contributed by atoms with van der Waals surface area (Å²) >= 11 is 0. The van der Waals surface area contributed by atoms with Crippen LogP contribution in [0.2, 0.25) is 0 Å². The molecule has 1 aliphatic rings. The molecule has 0 amide bonds. The van der Waals surface area contributed by atoms with Crippen LogP contribution in [0.25, 0.3) is 0 Å². The van der Waals surface area contributed by atoms with E-state index in [1.54, 1.807) is 0 Å². The minimum absolute atomic E-state index is 0. The van der Waals surface area contributed by atoms with Crippen molar-refractivity contribution in [3.05, 3.63) is 56.6 Å². The van der Waals surface area contributed by atoms with E-state index in [9.17, 15) is 0 Å². The quantitative estimate of drug-likeness (QED) is 0.304. The van der Waals surface area contributed by atoms with Crippen molar-refractivity contribution in [2.45, 2.75) is 25.7 Å². The zero-order chi connectivity index (χ0) is 12.9. The SMILES string of the molecule is C(#CC1CCCC1)c1ccccc1.[C-]#[O+].[C-]#[O+].[CH3-].[Fe+2]. The van der Waals surface area contributed by atoms with E-state index in [1.807, 2.05) is 18.2 Å². The molecule has 0 unspecified atom stereocenters. The Labute approximate surface area is 126 Å². The maximum Gasteiger partial charge on any atom is 2.00 e. The van der Waals surface area contributed by atoms with E-state index >= 15 is 0 Å². The number of rotatable bonds is 0. The summed E-state index contributed by atoms with van der Waals surface area (Å²) in [4.78, 5) is 0. The van der Waals surface area contributed by atoms with E-state index in [0.29, 0.717) is 5.92 Å². The van der Waals surface area contributed by atoms with Crippen LogP contribution in [-0.2, 0) is 26.4 Å². The first-order valence-corrected chi connectivity index (χ1v) is 5.42. The largest absolute Gasteiger partial charge is 2.00 e. The second kappa shape index (κ2) is 16.8. The third kappa shape index (κ3) is 10.4. The summed E-state index contributed by atoms with van der Waals surface area (Å²) in [6, 6.07) is 10.3. The normalized spacial score (nSPS) is 11.6. The molecule has 1 aromatic rings. The molecule has 0 saturated heterocycles. The molecule has 3 heteroatoms. The Hall–Kier alpha value is -1.22. The summed E-state index contributed by atoms with van der Waals surface area (Å²) in [6.45, 7) is 9.00. The smallest absolute Gasteiger partial charge is 0.358 e. The standard InChI is InChI=1S/C13H14.2CO.CH3.Fe/c1-2-6-12(7-3-1)10-11-13-8-4-5-9-13;2*1-2;;/h1-3,6-7,13H,4-5,8-9H2;;;1H3;/q;;;-1;+2. The fourth-order valence-corrected chi connectivity index (χ4v) is 1.78. The maximum absolute atomic E-state index is 7.50. The van der Waals surface area contributed by atoms with Gasteiger partial charge in [-0.25, -0.2) is 0 Å². The van der Waals surface area contributed by atoms with Gasteiger partial charge in [0.25, 0.3) is 0 Å². The molecule has 1 fully saturated rings. The first kappa shape index (κ1) is 22.9. The summed E-state index contributed by atoms with van der Waals surface area (Å²) < 4.78 is 15.0. The van der Waals surface area contributed by atoms with Gasteiger partial charge >= 0.3 is 39.7 Å². The molecular weight excluding hydrogens is 280 g/mol. The van der Waals surface area contributed by atoms with Crippen LogP contribution in [0.4, 0.5) is 0 Å². The summed E-state index contributed by atoms with van der Waals surface area (Å²) in [5, 5.41) is 0. The molecule has 2 rings (SSSR count). The molecule has 19 heavy (non-hydrogen) atoms. The molecule has 1 saturated carbocycles. The molecule has 1 aromatic carbocycles. The Bertz CT molecular complexity index is 386. The fourth-order valence-electron chi connectivity index (χ4n) is 1.78. The third-order valence-corrected chi connectivity index (χ3v) is 2.55. The van der Waals surface area contributed by atoms with Gasteiger partial charge in [0.05, 0.1) is 0 Å². The van der Waals surface area contributed by atoms with E-state index in [1.165, 1.54) is 25.7 Å². The first-order valence-electron chi connectivity index (χ1n) is 5.42. The van der Waals surface area contributed by atoms with Gasteiger partial charge in [-0.15, -0.1) is 0 Å². The monoisotopic (exact) mass is 297 g/mol. The third-order valence-electron chi connectivity index (χ3n) is 2.55. The van der Waals surface area contributed by atoms with Crippen molar-refractivity contribution in [1.82, 2.24) is 0 Å². The molecule has 0 aromatic heterocycles. The number of hydrogen-bond donors (Lipinski definition) is 0. The summed E-state index contributed by atoms with van der Waals surface area (Å²) in [6.07, 6.45) is 5.35. The van der Waals surface area contributed by atoms with Crippen molar-refractivity contribution in [2.24, 2.45) is 5.92 Å². The van der Waals surface area contributed by atoms with E-state index in [2.05, 4.69) is 37.3 Å². The van der Waals surface area contributed by atoms with Crippen LogP contribution >= 0.6 is 0 Å². The van der Waals surface area contributed by atoms with E-state index in [0.717, 1.165) is 5.56 Å². The van der Waals surface area contributed by atoms with Crippen LogP contribution in [-0.4, -0.2) is 0 Å². The van der Waals surface area contributed by atoms with Crippen LogP contribution in [0.3, 0.4) is 0 Å². The van der Waals surface area contributed by atoms with Gasteiger partial charge in [-0.1, -0.05) is 42.9 Å². The first-order chi connectivity index (χ1) is 8.45. The minimum atomic E-state index is 0. The molecule has 2 nitrogen and oxygen atoms in total. The Morgan fingerprint density at radius 2 is 1.42 bits per heavy atom. The number of hydrogen-bond acceptors (Lipinski definition) is 0. The van der Waals surface area contributed by atoms with Gasteiger partial charge < -0.3 is 7.43 Å². The molecule has 0 bridgehead atoms. The van der Waals surface area contributed by atoms with Gasteiger partial charge in [-0.3, -0.25) is 0 Å². The fraction of sp³-hybridized carbons (Fsp3) is 0.312. The van der Waals surface area contributed by atoms with Gasteiger partial charge in [0.2, 0.25) is 0 Å². The van der Waals surface area contributed by atoms with Gasteiger partial charge in [-0.05, 0) is 25.0 Å². The average Bonchev–Trinajstić information content (AvgIpc) is 2.95. The van der Waals surface area contributed by atoms with Crippen LogP contribution < -0.4 is 0 Å². The molecule has 0 atom stereocenters. The van der Waals surface area contributed by atoms with Crippen molar-refractivity contribution in [2.75, 3.05) is 0 Å². The van der Waals surface area contributed by atoms with Crippen LogP contribution in [0.15, 0.2) is 30.3 Å². The second-order valence-corrected chi connectivity index (χ2v) is 3.62. The molecule has 0 N–H and O–H groups in total. The molecule has 0 spiro atoms. The minimum Gasteiger partial charge on any atom is -0.358 e. The Balaban J connectivity index is -0.000000392.